The molecule has 0 saturated carbocycles. The molecule has 0 radical (unpaired) electrons. The van der Waals surface area contributed by atoms with Gasteiger partial charge in [-0.05, 0) is 6.92 Å². The molecule has 2 heterocycles. The van der Waals surface area contributed by atoms with Crippen molar-refractivity contribution in [2.75, 3.05) is 5.84 Å². The van der Waals surface area contributed by atoms with Crippen LogP contribution in [0.4, 0.5) is 0 Å². The number of nitrogen functional groups attached to an aromatic ring is 1. The Morgan fingerprint density at radius 3 is 3.17 bits per heavy atom. The standard InChI is InChI=1S/C6H6N4O2/c1-3-4-5(12-9-3)8-2-10(7)6(4)11/h2H,7H2,1H3. The topological polar surface area (TPSA) is 86.9 Å². The van der Waals surface area contributed by atoms with Crippen molar-refractivity contribution in [2.24, 2.45) is 0 Å². The van der Waals surface area contributed by atoms with Gasteiger partial charge in [0.15, 0.2) is 0 Å². The predicted octanol–water partition coefficient (Wildman–Crippen LogP) is -0.593. The zero-order valence-electron chi connectivity index (χ0n) is 6.31. The molecule has 0 aliphatic rings. The number of hydrogen-bond donors (Lipinski definition) is 1. The van der Waals surface area contributed by atoms with Gasteiger partial charge < -0.3 is 10.4 Å². The fourth-order valence-electron chi connectivity index (χ4n) is 0.988. The van der Waals surface area contributed by atoms with Gasteiger partial charge in [0.2, 0.25) is 0 Å². The lowest BCUT2D eigenvalue weighted by atomic mass is 10.3. The highest BCUT2D eigenvalue weighted by Gasteiger charge is 2.09. The Balaban J connectivity index is 3.06. The van der Waals surface area contributed by atoms with Crippen LogP contribution in [0.3, 0.4) is 0 Å². The summed E-state index contributed by atoms with van der Waals surface area (Å²) in [5.74, 6) is 5.29. The molecule has 0 saturated heterocycles. The highest BCUT2D eigenvalue weighted by molar-refractivity contribution is 5.73. The first-order valence-corrected chi connectivity index (χ1v) is 3.29. The second-order valence-electron chi connectivity index (χ2n) is 2.41. The number of nitrogens with zero attached hydrogens (tertiary/aromatic N) is 3. The van der Waals surface area contributed by atoms with Crippen molar-refractivity contribution < 1.29 is 4.52 Å². The Morgan fingerprint density at radius 1 is 1.67 bits per heavy atom. The molecule has 0 unspecified atom stereocenters. The summed E-state index contributed by atoms with van der Waals surface area (Å²) < 4.78 is 5.65. The van der Waals surface area contributed by atoms with E-state index in [0.29, 0.717) is 11.1 Å². The van der Waals surface area contributed by atoms with Crippen molar-refractivity contribution in [1.29, 1.82) is 0 Å². The Hall–Kier alpha value is -1.85. The molecule has 2 N–H and O–H groups in total. The van der Waals surface area contributed by atoms with Crippen molar-refractivity contribution in [3.05, 3.63) is 22.4 Å². The molecule has 2 aromatic heterocycles. The lowest BCUT2D eigenvalue weighted by molar-refractivity contribution is 0.442. The largest absolute Gasteiger partial charge is 0.335 e. The van der Waals surface area contributed by atoms with Crippen molar-refractivity contribution in [3.63, 3.8) is 0 Å². The van der Waals surface area contributed by atoms with E-state index in [2.05, 4.69) is 10.1 Å². The molecular weight excluding hydrogens is 160 g/mol. The Kier molecular flexibility index (Phi) is 1.18. The van der Waals surface area contributed by atoms with E-state index in [4.69, 9.17) is 10.4 Å². The fraction of sp³-hybridized carbons (Fsp3) is 0.167. The number of fused-ring (bicyclic) bond motifs is 1. The van der Waals surface area contributed by atoms with Crippen LogP contribution >= 0.6 is 0 Å². The van der Waals surface area contributed by atoms with Crippen LogP contribution in [0.15, 0.2) is 15.6 Å². The smallest absolute Gasteiger partial charge is 0.284 e. The van der Waals surface area contributed by atoms with Crippen LogP contribution < -0.4 is 11.4 Å². The first-order valence-electron chi connectivity index (χ1n) is 3.29. The second-order valence-corrected chi connectivity index (χ2v) is 2.41. The summed E-state index contributed by atoms with van der Waals surface area (Å²) in [6, 6.07) is 0. The molecule has 0 aromatic carbocycles. The molecule has 6 nitrogen and oxygen atoms in total. The summed E-state index contributed by atoms with van der Waals surface area (Å²) >= 11 is 0. The molecule has 2 aromatic rings. The average Bonchev–Trinajstić information content (AvgIpc) is 2.41. The van der Waals surface area contributed by atoms with Gasteiger partial charge in [0.25, 0.3) is 11.3 Å². The second kappa shape index (κ2) is 2.07. The van der Waals surface area contributed by atoms with Gasteiger partial charge in [-0.25, -0.2) is 4.68 Å². The molecular formula is C6H6N4O2. The number of hydrogen-bond acceptors (Lipinski definition) is 5. The lowest BCUT2D eigenvalue weighted by Crippen LogP contribution is -2.27. The van der Waals surface area contributed by atoms with Gasteiger partial charge in [0.1, 0.15) is 11.7 Å². The normalized spacial score (nSPS) is 10.8. The molecule has 12 heavy (non-hydrogen) atoms. The maximum Gasteiger partial charge on any atom is 0.284 e. The van der Waals surface area contributed by atoms with E-state index in [1.54, 1.807) is 6.92 Å². The molecule has 0 aliphatic carbocycles. The van der Waals surface area contributed by atoms with E-state index in [0.717, 1.165) is 4.68 Å². The van der Waals surface area contributed by atoms with Gasteiger partial charge in [0.05, 0.1) is 5.69 Å². The van der Waals surface area contributed by atoms with Gasteiger partial charge in [-0.2, -0.15) is 4.98 Å². The highest BCUT2D eigenvalue weighted by Crippen LogP contribution is 2.08. The van der Waals surface area contributed by atoms with Crippen LogP contribution in [0.2, 0.25) is 0 Å². The van der Waals surface area contributed by atoms with E-state index < -0.39 is 0 Å². The van der Waals surface area contributed by atoms with E-state index >= 15 is 0 Å². The number of aryl methyl sites for hydroxylation is 1. The summed E-state index contributed by atoms with van der Waals surface area (Å²) in [6.07, 6.45) is 1.19. The molecule has 0 amide bonds. The number of nitrogens with two attached hydrogens (primary N) is 1. The molecule has 0 aliphatic heterocycles. The molecule has 0 fully saturated rings. The van der Waals surface area contributed by atoms with Crippen LogP contribution in [-0.2, 0) is 0 Å². The molecule has 62 valence electrons. The van der Waals surface area contributed by atoms with E-state index in [1.807, 2.05) is 0 Å². The summed E-state index contributed by atoms with van der Waals surface area (Å²) in [5.41, 5.74) is 0.375. The van der Waals surface area contributed by atoms with Gasteiger partial charge in [-0.3, -0.25) is 4.79 Å². The minimum absolute atomic E-state index is 0.221. The van der Waals surface area contributed by atoms with Gasteiger partial charge >= 0.3 is 0 Å². The first kappa shape index (κ1) is 6.84. The average molecular weight is 166 g/mol. The molecule has 0 spiro atoms. The van der Waals surface area contributed by atoms with Crippen molar-refractivity contribution in [3.8, 4) is 0 Å². The van der Waals surface area contributed by atoms with Gasteiger partial charge in [-0.15, -0.1) is 0 Å². The summed E-state index contributed by atoms with van der Waals surface area (Å²) in [7, 11) is 0. The zero-order valence-corrected chi connectivity index (χ0v) is 6.31. The third-order valence-corrected chi connectivity index (χ3v) is 1.59. The summed E-state index contributed by atoms with van der Waals surface area (Å²) in [4.78, 5) is 15.1. The lowest BCUT2D eigenvalue weighted by Gasteiger charge is -1.92. The van der Waals surface area contributed by atoms with E-state index in [-0.39, 0.29) is 11.3 Å². The van der Waals surface area contributed by atoms with Gasteiger partial charge in [0, 0.05) is 0 Å². The molecule has 6 heteroatoms. The van der Waals surface area contributed by atoms with Gasteiger partial charge in [-0.1, -0.05) is 5.16 Å². The minimum Gasteiger partial charge on any atom is -0.335 e. The zero-order chi connectivity index (χ0) is 8.72. The Morgan fingerprint density at radius 2 is 2.42 bits per heavy atom. The van der Waals surface area contributed by atoms with E-state index in [9.17, 15) is 4.79 Å². The Bertz CT molecular complexity index is 484. The van der Waals surface area contributed by atoms with Crippen molar-refractivity contribution >= 4 is 11.1 Å². The van der Waals surface area contributed by atoms with Crippen molar-refractivity contribution in [1.82, 2.24) is 14.8 Å². The van der Waals surface area contributed by atoms with Crippen LogP contribution in [0.1, 0.15) is 5.69 Å². The third-order valence-electron chi connectivity index (χ3n) is 1.59. The van der Waals surface area contributed by atoms with Crippen LogP contribution in [0, 0.1) is 6.92 Å². The maximum absolute atomic E-state index is 11.3. The summed E-state index contributed by atoms with van der Waals surface area (Å²) in [5, 5.41) is 3.92. The first-order chi connectivity index (χ1) is 5.70. The van der Waals surface area contributed by atoms with Crippen molar-refractivity contribution in [2.45, 2.75) is 6.92 Å². The highest BCUT2D eigenvalue weighted by atomic mass is 16.5. The van der Waals surface area contributed by atoms with E-state index in [1.165, 1.54) is 6.33 Å². The molecule has 2 rings (SSSR count). The fourth-order valence-corrected chi connectivity index (χ4v) is 0.988. The SMILES string of the molecule is Cc1noc2ncn(N)c(=O)c12. The van der Waals surface area contributed by atoms with Crippen LogP contribution in [0.5, 0.6) is 0 Å². The number of rotatable bonds is 0. The number of aromatic nitrogens is 3. The monoisotopic (exact) mass is 166 g/mol. The minimum atomic E-state index is -0.348. The molecule has 0 atom stereocenters. The third kappa shape index (κ3) is 0.714. The molecule has 0 bridgehead atoms. The quantitative estimate of drug-likeness (QED) is 0.528. The van der Waals surface area contributed by atoms with Crippen LogP contribution in [-0.4, -0.2) is 14.8 Å². The van der Waals surface area contributed by atoms with Crippen LogP contribution in [0.25, 0.3) is 11.1 Å². The maximum atomic E-state index is 11.3. The Labute approximate surface area is 66.6 Å². The predicted molar refractivity (Wildman–Crippen MR) is 41.0 cm³/mol. The summed E-state index contributed by atoms with van der Waals surface area (Å²) in [6.45, 7) is 1.66.